The number of carboxylic acids is 1. The van der Waals surface area contributed by atoms with Crippen LogP contribution in [0.15, 0.2) is 22.8 Å². The highest BCUT2D eigenvalue weighted by molar-refractivity contribution is 5.74. The summed E-state index contributed by atoms with van der Waals surface area (Å²) in [4.78, 5) is 22.2. The van der Waals surface area contributed by atoms with Crippen molar-refractivity contribution < 1.29 is 23.8 Å². The second-order valence-corrected chi connectivity index (χ2v) is 4.83. The van der Waals surface area contributed by atoms with E-state index in [0.717, 1.165) is 18.6 Å². The predicted molar refractivity (Wildman–Crippen MR) is 76.1 cm³/mol. The fourth-order valence-corrected chi connectivity index (χ4v) is 1.80. The molecule has 7 heteroatoms. The van der Waals surface area contributed by atoms with Crippen LogP contribution in [0.5, 0.6) is 0 Å². The van der Waals surface area contributed by atoms with Gasteiger partial charge < -0.3 is 24.9 Å². The van der Waals surface area contributed by atoms with E-state index in [0.29, 0.717) is 0 Å². The Morgan fingerprint density at radius 2 is 2.24 bits per heavy atom. The van der Waals surface area contributed by atoms with Gasteiger partial charge in [0.1, 0.15) is 5.76 Å². The first kappa shape index (κ1) is 17.0. The lowest BCUT2D eigenvalue weighted by atomic mass is 10.1. The zero-order chi connectivity index (χ0) is 15.7. The molecule has 0 aliphatic heterocycles. The molecule has 0 aliphatic carbocycles. The molecule has 0 aromatic carbocycles. The normalized spacial score (nSPS) is 13.4. The number of ether oxygens (including phenoxy) is 1. The topological polar surface area (TPSA) is 101 Å². The van der Waals surface area contributed by atoms with E-state index in [2.05, 4.69) is 10.6 Å². The van der Waals surface area contributed by atoms with E-state index < -0.39 is 12.1 Å². The average molecular weight is 298 g/mol. The molecule has 2 unspecified atom stereocenters. The summed E-state index contributed by atoms with van der Waals surface area (Å²) in [6.07, 6.45) is 2.43. The molecule has 0 saturated heterocycles. The number of amides is 2. The van der Waals surface area contributed by atoms with Gasteiger partial charge in [0.15, 0.2) is 0 Å². The third-order valence-electron chi connectivity index (χ3n) is 3.01. The number of rotatable bonds is 9. The molecule has 7 nitrogen and oxygen atoms in total. The summed E-state index contributed by atoms with van der Waals surface area (Å²) in [7, 11) is 1.42. The van der Waals surface area contributed by atoms with Crippen LogP contribution in [0.1, 0.15) is 25.5 Å². The van der Waals surface area contributed by atoms with E-state index in [1.807, 2.05) is 19.1 Å². The molecular weight excluding hydrogens is 276 g/mol. The van der Waals surface area contributed by atoms with Gasteiger partial charge >= 0.3 is 12.0 Å². The van der Waals surface area contributed by atoms with Gasteiger partial charge in [0.2, 0.25) is 0 Å². The summed E-state index contributed by atoms with van der Waals surface area (Å²) in [5, 5.41) is 14.1. The van der Waals surface area contributed by atoms with Gasteiger partial charge in [-0.2, -0.15) is 0 Å². The second-order valence-electron chi connectivity index (χ2n) is 4.83. The Bertz CT molecular complexity index is 433. The summed E-state index contributed by atoms with van der Waals surface area (Å²) in [5.74, 6) is -0.0826. The van der Waals surface area contributed by atoms with Crippen molar-refractivity contribution in [3.05, 3.63) is 24.2 Å². The molecule has 118 valence electrons. The van der Waals surface area contributed by atoms with Gasteiger partial charge in [0.05, 0.1) is 18.8 Å². The molecule has 1 aromatic rings. The Kier molecular flexibility index (Phi) is 7.31. The van der Waals surface area contributed by atoms with Crippen molar-refractivity contribution >= 4 is 12.0 Å². The van der Waals surface area contributed by atoms with Crippen molar-refractivity contribution in [1.29, 1.82) is 0 Å². The number of urea groups is 1. The highest BCUT2D eigenvalue weighted by Crippen LogP contribution is 2.05. The van der Waals surface area contributed by atoms with Crippen LogP contribution < -0.4 is 10.6 Å². The Hall–Kier alpha value is -2.02. The van der Waals surface area contributed by atoms with E-state index >= 15 is 0 Å². The third-order valence-corrected chi connectivity index (χ3v) is 3.01. The van der Waals surface area contributed by atoms with Crippen LogP contribution in [0.3, 0.4) is 0 Å². The molecule has 1 rings (SSSR count). The van der Waals surface area contributed by atoms with Crippen LogP contribution in [-0.2, 0) is 16.0 Å². The fourth-order valence-electron chi connectivity index (χ4n) is 1.80. The van der Waals surface area contributed by atoms with Gasteiger partial charge in [0, 0.05) is 26.1 Å². The Balaban J connectivity index is 2.21. The zero-order valence-electron chi connectivity index (χ0n) is 12.3. The van der Waals surface area contributed by atoms with Gasteiger partial charge in [-0.05, 0) is 25.5 Å². The largest absolute Gasteiger partial charge is 0.481 e. The summed E-state index contributed by atoms with van der Waals surface area (Å²) in [6, 6.07) is 3.36. The number of aliphatic carboxylic acids is 1. The Morgan fingerprint density at radius 3 is 2.81 bits per heavy atom. The first-order chi connectivity index (χ1) is 10.0. The third kappa shape index (κ3) is 7.36. The van der Waals surface area contributed by atoms with E-state index in [9.17, 15) is 9.59 Å². The van der Waals surface area contributed by atoms with Crippen molar-refractivity contribution in [2.24, 2.45) is 0 Å². The quantitative estimate of drug-likeness (QED) is 0.639. The number of hydrogen-bond acceptors (Lipinski definition) is 4. The molecule has 2 amide bonds. The lowest BCUT2D eigenvalue weighted by molar-refractivity contribution is -0.139. The van der Waals surface area contributed by atoms with E-state index in [1.54, 1.807) is 6.26 Å². The minimum Gasteiger partial charge on any atom is -0.481 e. The number of furan rings is 1. The van der Waals surface area contributed by atoms with Gasteiger partial charge in [-0.1, -0.05) is 0 Å². The smallest absolute Gasteiger partial charge is 0.315 e. The van der Waals surface area contributed by atoms with Crippen LogP contribution in [-0.4, -0.2) is 42.9 Å². The lowest BCUT2D eigenvalue weighted by Gasteiger charge is -2.17. The lowest BCUT2D eigenvalue weighted by Crippen LogP contribution is -2.44. The number of carboxylic acid groups (broad SMARTS) is 1. The van der Waals surface area contributed by atoms with Crippen LogP contribution in [0.25, 0.3) is 0 Å². The Morgan fingerprint density at radius 1 is 1.48 bits per heavy atom. The standard InChI is InChI=1S/C14H22N2O5/c1-10(5-6-11-4-3-7-21-11)16-14(19)15-9-12(20-2)8-13(17)18/h3-4,7,10,12H,5-6,8-9H2,1-2H3,(H,17,18)(H2,15,16,19). The first-order valence-electron chi connectivity index (χ1n) is 6.82. The maximum Gasteiger partial charge on any atom is 0.315 e. The van der Waals surface area contributed by atoms with Crippen molar-refractivity contribution in [3.63, 3.8) is 0 Å². The van der Waals surface area contributed by atoms with Gasteiger partial charge in [-0.3, -0.25) is 4.79 Å². The SMILES string of the molecule is COC(CNC(=O)NC(C)CCc1ccco1)CC(=O)O. The van der Waals surface area contributed by atoms with Crippen LogP contribution in [0.4, 0.5) is 4.79 Å². The summed E-state index contributed by atoms with van der Waals surface area (Å²) >= 11 is 0. The molecule has 0 saturated carbocycles. The summed E-state index contributed by atoms with van der Waals surface area (Å²) in [6.45, 7) is 2.05. The minimum atomic E-state index is -0.962. The molecule has 21 heavy (non-hydrogen) atoms. The van der Waals surface area contributed by atoms with E-state index in [4.69, 9.17) is 14.3 Å². The summed E-state index contributed by atoms with van der Waals surface area (Å²) in [5.41, 5.74) is 0. The number of hydrogen-bond donors (Lipinski definition) is 3. The molecule has 1 heterocycles. The highest BCUT2D eigenvalue weighted by Gasteiger charge is 2.14. The predicted octanol–water partition coefficient (Wildman–Crippen LogP) is 1.39. The number of aryl methyl sites for hydroxylation is 1. The maximum absolute atomic E-state index is 11.7. The number of nitrogens with one attached hydrogen (secondary N) is 2. The second kappa shape index (κ2) is 9.02. The van der Waals surface area contributed by atoms with Crippen molar-refractivity contribution in [1.82, 2.24) is 10.6 Å². The van der Waals surface area contributed by atoms with Crippen LogP contribution >= 0.6 is 0 Å². The Labute approximate surface area is 123 Å². The molecule has 2 atom stereocenters. The average Bonchev–Trinajstić information content (AvgIpc) is 2.94. The van der Waals surface area contributed by atoms with E-state index in [-0.39, 0.29) is 25.0 Å². The van der Waals surface area contributed by atoms with Crippen molar-refractivity contribution in [2.75, 3.05) is 13.7 Å². The van der Waals surface area contributed by atoms with Crippen LogP contribution in [0.2, 0.25) is 0 Å². The molecule has 0 aliphatic rings. The van der Waals surface area contributed by atoms with Crippen molar-refractivity contribution in [2.45, 2.75) is 38.3 Å². The molecule has 3 N–H and O–H groups in total. The molecular formula is C14H22N2O5. The highest BCUT2D eigenvalue weighted by atomic mass is 16.5. The molecule has 1 aromatic heterocycles. The number of carbonyl (C=O) groups is 2. The van der Waals surface area contributed by atoms with E-state index in [1.165, 1.54) is 7.11 Å². The number of carbonyl (C=O) groups excluding carboxylic acids is 1. The monoisotopic (exact) mass is 298 g/mol. The fraction of sp³-hybridized carbons (Fsp3) is 0.571. The van der Waals surface area contributed by atoms with Gasteiger partial charge in [-0.25, -0.2) is 4.79 Å². The zero-order valence-corrected chi connectivity index (χ0v) is 12.3. The molecule has 0 bridgehead atoms. The molecule has 0 radical (unpaired) electrons. The van der Waals surface area contributed by atoms with Crippen LogP contribution in [0, 0.1) is 0 Å². The first-order valence-corrected chi connectivity index (χ1v) is 6.82. The molecule has 0 fully saturated rings. The maximum atomic E-state index is 11.7. The summed E-state index contributed by atoms with van der Waals surface area (Å²) < 4.78 is 10.2. The van der Waals surface area contributed by atoms with Crippen molar-refractivity contribution in [3.8, 4) is 0 Å². The van der Waals surface area contributed by atoms with Gasteiger partial charge in [-0.15, -0.1) is 0 Å². The van der Waals surface area contributed by atoms with Gasteiger partial charge in [0.25, 0.3) is 0 Å². The number of methoxy groups -OCH3 is 1. The molecule has 0 spiro atoms. The minimum absolute atomic E-state index is 0.0180.